The molecule has 1 unspecified atom stereocenters. The fraction of sp³-hybridized carbons (Fsp3) is 0.438. The number of nitrogens with zero attached hydrogens (tertiary/aromatic N) is 2. The Morgan fingerprint density at radius 2 is 2.15 bits per heavy atom. The molecule has 1 heterocycles. The SMILES string of the molecule is CCCNC(Cc1cccc(Cl)c1)c1cc(C)nn1C. The van der Waals surface area contributed by atoms with Crippen LogP contribution in [0.5, 0.6) is 0 Å². The van der Waals surface area contributed by atoms with Gasteiger partial charge in [0.15, 0.2) is 0 Å². The zero-order valence-corrected chi connectivity index (χ0v) is 13.1. The van der Waals surface area contributed by atoms with Crippen LogP contribution in [-0.2, 0) is 13.5 Å². The highest BCUT2D eigenvalue weighted by molar-refractivity contribution is 6.30. The van der Waals surface area contributed by atoms with Crippen LogP contribution in [0.2, 0.25) is 5.02 Å². The lowest BCUT2D eigenvalue weighted by Crippen LogP contribution is -2.26. The lowest BCUT2D eigenvalue weighted by molar-refractivity contribution is 0.493. The maximum absolute atomic E-state index is 6.08. The van der Waals surface area contributed by atoms with Crippen molar-refractivity contribution >= 4 is 11.6 Å². The van der Waals surface area contributed by atoms with Crippen molar-refractivity contribution in [3.8, 4) is 0 Å². The third kappa shape index (κ3) is 3.84. The molecule has 2 aromatic rings. The van der Waals surface area contributed by atoms with Crippen LogP contribution in [0.3, 0.4) is 0 Å². The number of aryl methyl sites for hydroxylation is 2. The molecular formula is C16H22ClN3. The number of hydrogen-bond donors (Lipinski definition) is 1. The summed E-state index contributed by atoms with van der Waals surface area (Å²) in [6, 6.07) is 10.5. The minimum Gasteiger partial charge on any atom is -0.308 e. The number of aromatic nitrogens is 2. The molecule has 3 nitrogen and oxygen atoms in total. The number of hydrogen-bond acceptors (Lipinski definition) is 2. The summed E-state index contributed by atoms with van der Waals surface area (Å²) in [5.41, 5.74) is 3.51. The van der Waals surface area contributed by atoms with Crippen LogP contribution in [0.25, 0.3) is 0 Å². The summed E-state index contributed by atoms with van der Waals surface area (Å²) in [5, 5.41) is 8.84. The molecule has 0 aliphatic rings. The van der Waals surface area contributed by atoms with Crippen molar-refractivity contribution in [3.63, 3.8) is 0 Å². The largest absolute Gasteiger partial charge is 0.308 e. The van der Waals surface area contributed by atoms with Crippen molar-refractivity contribution in [1.29, 1.82) is 0 Å². The second kappa shape index (κ2) is 6.91. The zero-order valence-electron chi connectivity index (χ0n) is 12.4. The molecule has 0 bridgehead atoms. The molecule has 1 N–H and O–H groups in total. The topological polar surface area (TPSA) is 29.9 Å². The van der Waals surface area contributed by atoms with E-state index in [0.717, 1.165) is 30.1 Å². The van der Waals surface area contributed by atoms with Crippen molar-refractivity contribution < 1.29 is 0 Å². The van der Waals surface area contributed by atoms with E-state index in [-0.39, 0.29) is 6.04 Å². The van der Waals surface area contributed by atoms with Gasteiger partial charge in [0.1, 0.15) is 0 Å². The molecule has 0 aliphatic heterocycles. The summed E-state index contributed by atoms with van der Waals surface area (Å²) in [6.45, 7) is 5.20. The molecule has 1 aromatic heterocycles. The smallest absolute Gasteiger partial charge is 0.0597 e. The predicted octanol–water partition coefficient (Wildman–Crippen LogP) is 3.67. The number of halogens is 1. The van der Waals surface area contributed by atoms with Gasteiger partial charge in [0.05, 0.1) is 17.4 Å². The first kappa shape index (κ1) is 15.1. The van der Waals surface area contributed by atoms with Crippen molar-refractivity contribution in [3.05, 3.63) is 52.3 Å². The molecule has 0 aliphatic carbocycles. The first-order valence-corrected chi connectivity index (χ1v) is 7.46. The van der Waals surface area contributed by atoms with E-state index in [1.54, 1.807) is 0 Å². The van der Waals surface area contributed by atoms with Gasteiger partial charge in [0.25, 0.3) is 0 Å². The Hall–Kier alpha value is -1.32. The van der Waals surface area contributed by atoms with Gasteiger partial charge in [-0.25, -0.2) is 0 Å². The zero-order chi connectivity index (χ0) is 14.5. The van der Waals surface area contributed by atoms with E-state index in [1.807, 2.05) is 36.9 Å². The number of rotatable bonds is 6. The fourth-order valence-electron chi connectivity index (χ4n) is 2.46. The van der Waals surface area contributed by atoms with E-state index in [9.17, 15) is 0 Å². The standard InChI is InChI=1S/C16H22ClN3/c1-4-8-18-15(16-9-12(2)19-20(16)3)11-13-6-5-7-14(17)10-13/h5-7,9-10,15,18H,4,8,11H2,1-3H3. The molecule has 20 heavy (non-hydrogen) atoms. The quantitative estimate of drug-likeness (QED) is 0.880. The van der Waals surface area contributed by atoms with Crippen LogP contribution in [0.1, 0.15) is 36.3 Å². The van der Waals surface area contributed by atoms with Gasteiger partial charge in [-0.05, 0) is 50.1 Å². The Balaban J connectivity index is 2.21. The Morgan fingerprint density at radius 3 is 2.75 bits per heavy atom. The molecule has 0 radical (unpaired) electrons. The molecule has 1 atom stereocenters. The summed E-state index contributed by atoms with van der Waals surface area (Å²) in [5.74, 6) is 0. The van der Waals surface area contributed by atoms with Crippen LogP contribution in [0.4, 0.5) is 0 Å². The summed E-state index contributed by atoms with van der Waals surface area (Å²) >= 11 is 6.08. The van der Waals surface area contributed by atoms with Gasteiger partial charge in [-0.3, -0.25) is 4.68 Å². The second-order valence-corrected chi connectivity index (χ2v) is 5.61. The third-order valence-electron chi connectivity index (χ3n) is 3.36. The van der Waals surface area contributed by atoms with E-state index in [1.165, 1.54) is 11.3 Å². The van der Waals surface area contributed by atoms with E-state index in [0.29, 0.717) is 0 Å². The van der Waals surface area contributed by atoms with Gasteiger partial charge in [-0.2, -0.15) is 5.10 Å². The van der Waals surface area contributed by atoms with Gasteiger partial charge >= 0.3 is 0 Å². The first-order chi connectivity index (χ1) is 9.60. The minimum atomic E-state index is 0.264. The van der Waals surface area contributed by atoms with Crippen LogP contribution < -0.4 is 5.32 Å². The van der Waals surface area contributed by atoms with Gasteiger partial charge < -0.3 is 5.32 Å². The van der Waals surface area contributed by atoms with Crippen molar-refractivity contribution in [2.24, 2.45) is 7.05 Å². The van der Waals surface area contributed by atoms with Crippen LogP contribution in [0, 0.1) is 6.92 Å². The summed E-state index contributed by atoms with van der Waals surface area (Å²) in [7, 11) is 2.00. The Bertz CT molecular complexity index is 563. The summed E-state index contributed by atoms with van der Waals surface area (Å²) in [6.07, 6.45) is 2.03. The first-order valence-electron chi connectivity index (χ1n) is 7.08. The maximum atomic E-state index is 6.08. The van der Waals surface area contributed by atoms with Gasteiger partial charge in [0, 0.05) is 12.1 Å². The van der Waals surface area contributed by atoms with Crippen molar-refractivity contribution in [2.75, 3.05) is 6.54 Å². The Labute approximate surface area is 126 Å². The molecular weight excluding hydrogens is 270 g/mol. The monoisotopic (exact) mass is 291 g/mol. The fourth-order valence-corrected chi connectivity index (χ4v) is 2.67. The predicted molar refractivity (Wildman–Crippen MR) is 84.1 cm³/mol. The molecule has 0 amide bonds. The highest BCUT2D eigenvalue weighted by atomic mass is 35.5. The van der Waals surface area contributed by atoms with Crippen LogP contribution in [0.15, 0.2) is 30.3 Å². The Morgan fingerprint density at radius 1 is 1.35 bits per heavy atom. The molecule has 0 fully saturated rings. The molecule has 0 saturated carbocycles. The lowest BCUT2D eigenvalue weighted by Gasteiger charge is -2.19. The minimum absolute atomic E-state index is 0.264. The van der Waals surface area contributed by atoms with Crippen LogP contribution in [-0.4, -0.2) is 16.3 Å². The van der Waals surface area contributed by atoms with Gasteiger partial charge in [-0.1, -0.05) is 30.7 Å². The second-order valence-electron chi connectivity index (χ2n) is 5.17. The highest BCUT2D eigenvalue weighted by Gasteiger charge is 2.16. The maximum Gasteiger partial charge on any atom is 0.0597 e. The van der Waals surface area contributed by atoms with Crippen molar-refractivity contribution in [2.45, 2.75) is 32.7 Å². The van der Waals surface area contributed by atoms with Crippen LogP contribution >= 0.6 is 11.6 Å². The van der Waals surface area contributed by atoms with E-state index < -0.39 is 0 Å². The van der Waals surface area contributed by atoms with Gasteiger partial charge in [-0.15, -0.1) is 0 Å². The normalized spacial score (nSPS) is 12.6. The summed E-state index contributed by atoms with van der Waals surface area (Å²) in [4.78, 5) is 0. The average molecular weight is 292 g/mol. The molecule has 1 aromatic carbocycles. The molecule has 4 heteroatoms. The highest BCUT2D eigenvalue weighted by Crippen LogP contribution is 2.21. The van der Waals surface area contributed by atoms with E-state index in [2.05, 4.69) is 29.5 Å². The lowest BCUT2D eigenvalue weighted by atomic mass is 10.0. The third-order valence-corrected chi connectivity index (χ3v) is 3.60. The van der Waals surface area contributed by atoms with E-state index in [4.69, 9.17) is 11.6 Å². The number of benzene rings is 1. The summed E-state index contributed by atoms with van der Waals surface area (Å²) < 4.78 is 1.97. The van der Waals surface area contributed by atoms with Crippen molar-refractivity contribution in [1.82, 2.24) is 15.1 Å². The molecule has 108 valence electrons. The Kier molecular flexibility index (Phi) is 5.21. The molecule has 0 saturated heterocycles. The van der Waals surface area contributed by atoms with E-state index >= 15 is 0 Å². The molecule has 2 rings (SSSR count). The van der Waals surface area contributed by atoms with Gasteiger partial charge in [0.2, 0.25) is 0 Å². The number of nitrogens with one attached hydrogen (secondary N) is 1. The molecule has 0 spiro atoms. The average Bonchev–Trinajstić information content (AvgIpc) is 2.73.